The summed E-state index contributed by atoms with van der Waals surface area (Å²) in [5.41, 5.74) is 9.82. The molecule has 0 spiro atoms. The van der Waals surface area contributed by atoms with Crippen LogP contribution in [0.3, 0.4) is 0 Å². The van der Waals surface area contributed by atoms with Crippen LogP contribution in [0, 0.1) is 0 Å². The zero-order valence-corrected chi connectivity index (χ0v) is 8.55. The van der Waals surface area contributed by atoms with Gasteiger partial charge in [0.15, 0.2) is 11.5 Å². The Morgan fingerprint density at radius 3 is 2.38 bits per heavy atom. The molecule has 1 atom stereocenters. The second-order valence-electron chi connectivity index (χ2n) is 3.67. The molecule has 0 heterocycles. The second kappa shape index (κ2) is 4.38. The Labute approximate surface area is 92.1 Å². The molecular weight excluding hydrogens is 212 g/mol. The number of phenolic OH excluding ortho intramolecular Hbond substituents is 2. The molecule has 88 valence electrons. The summed E-state index contributed by atoms with van der Waals surface area (Å²) >= 11 is 0. The van der Waals surface area contributed by atoms with Gasteiger partial charge >= 0.3 is 5.97 Å². The molecule has 0 unspecified atom stereocenters. The molecule has 0 aromatic heterocycles. The number of benzene rings is 1. The van der Waals surface area contributed by atoms with Gasteiger partial charge in [0.05, 0.1) is 0 Å². The first kappa shape index (κ1) is 12.3. The molecule has 0 bridgehead atoms. The molecular formula is C10H14N2O4. The summed E-state index contributed by atoms with van der Waals surface area (Å²) in [6.45, 7) is -0.218. The van der Waals surface area contributed by atoms with Gasteiger partial charge in [-0.25, -0.2) is 0 Å². The zero-order chi connectivity index (χ0) is 12.3. The molecule has 7 N–H and O–H groups in total. The average molecular weight is 226 g/mol. The first-order valence-electron chi connectivity index (χ1n) is 4.62. The molecule has 0 aliphatic rings. The molecule has 0 saturated carbocycles. The lowest BCUT2D eigenvalue weighted by atomic mass is 9.92. The average Bonchev–Trinajstić information content (AvgIpc) is 2.23. The number of rotatable bonds is 4. The summed E-state index contributed by atoms with van der Waals surface area (Å²) in [5.74, 6) is -1.79. The number of carboxylic acids is 1. The summed E-state index contributed by atoms with van der Waals surface area (Å²) in [6.07, 6.45) is -0.0212. The Morgan fingerprint density at radius 1 is 1.31 bits per heavy atom. The van der Waals surface area contributed by atoms with Crippen molar-refractivity contribution < 1.29 is 20.1 Å². The minimum Gasteiger partial charge on any atom is -0.504 e. The number of carboxylic acid groups (broad SMARTS) is 1. The Hall–Kier alpha value is -1.79. The number of carbonyl (C=O) groups is 1. The van der Waals surface area contributed by atoms with E-state index in [0.29, 0.717) is 5.56 Å². The van der Waals surface area contributed by atoms with E-state index in [4.69, 9.17) is 21.7 Å². The van der Waals surface area contributed by atoms with Crippen molar-refractivity contribution in [2.45, 2.75) is 12.0 Å². The van der Waals surface area contributed by atoms with Crippen LogP contribution in [-0.2, 0) is 11.2 Å². The molecule has 0 aliphatic carbocycles. The van der Waals surface area contributed by atoms with Crippen LogP contribution in [0.4, 0.5) is 0 Å². The van der Waals surface area contributed by atoms with E-state index in [1.165, 1.54) is 18.2 Å². The van der Waals surface area contributed by atoms with Crippen molar-refractivity contribution in [3.63, 3.8) is 0 Å². The van der Waals surface area contributed by atoms with Crippen LogP contribution in [-0.4, -0.2) is 33.4 Å². The smallest absolute Gasteiger partial charge is 0.325 e. The quantitative estimate of drug-likeness (QED) is 0.435. The van der Waals surface area contributed by atoms with Gasteiger partial charge in [0.2, 0.25) is 0 Å². The van der Waals surface area contributed by atoms with Crippen LogP contribution in [0.5, 0.6) is 11.5 Å². The maximum Gasteiger partial charge on any atom is 0.325 e. The monoisotopic (exact) mass is 226 g/mol. The number of aliphatic carboxylic acids is 1. The van der Waals surface area contributed by atoms with Crippen molar-refractivity contribution in [3.05, 3.63) is 23.8 Å². The van der Waals surface area contributed by atoms with Gasteiger partial charge in [-0.3, -0.25) is 4.79 Å². The maximum atomic E-state index is 10.9. The minimum atomic E-state index is -1.57. The Bertz CT molecular complexity index is 408. The van der Waals surface area contributed by atoms with E-state index in [9.17, 15) is 9.90 Å². The van der Waals surface area contributed by atoms with Crippen molar-refractivity contribution in [1.82, 2.24) is 0 Å². The molecule has 0 fully saturated rings. The highest BCUT2D eigenvalue weighted by Gasteiger charge is 2.32. The van der Waals surface area contributed by atoms with Crippen LogP contribution < -0.4 is 11.5 Å². The number of hydrogen-bond acceptors (Lipinski definition) is 5. The molecule has 16 heavy (non-hydrogen) atoms. The standard InChI is InChI=1S/C10H14N2O4/c11-5-10(12,9(15)16)4-6-1-2-7(13)8(14)3-6/h1-3,13-14H,4-5,11-12H2,(H,15,16)/t10-/m1/s1. The highest BCUT2D eigenvalue weighted by Crippen LogP contribution is 2.26. The maximum absolute atomic E-state index is 10.9. The van der Waals surface area contributed by atoms with E-state index in [1.807, 2.05) is 0 Å². The van der Waals surface area contributed by atoms with Crippen molar-refractivity contribution in [2.24, 2.45) is 11.5 Å². The number of nitrogens with two attached hydrogens (primary N) is 2. The normalized spacial score (nSPS) is 14.4. The van der Waals surface area contributed by atoms with Gasteiger partial charge in [-0.05, 0) is 17.7 Å². The summed E-state index contributed by atoms with van der Waals surface area (Å²) in [4.78, 5) is 10.9. The fourth-order valence-corrected chi connectivity index (χ4v) is 1.28. The first-order chi connectivity index (χ1) is 7.39. The molecule has 0 amide bonds. The second-order valence-corrected chi connectivity index (χ2v) is 3.67. The minimum absolute atomic E-state index is 0.0212. The van der Waals surface area contributed by atoms with Gasteiger partial charge < -0.3 is 26.8 Å². The third-order valence-corrected chi connectivity index (χ3v) is 2.35. The van der Waals surface area contributed by atoms with E-state index in [1.54, 1.807) is 0 Å². The van der Waals surface area contributed by atoms with Gasteiger partial charge in [-0.2, -0.15) is 0 Å². The Kier molecular flexibility index (Phi) is 3.36. The van der Waals surface area contributed by atoms with Gasteiger partial charge in [0.1, 0.15) is 5.54 Å². The third-order valence-electron chi connectivity index (χ3n) is 2.35. The van der Waals surface area contributed by atoms with Crippen molar-refractivity contribution >= 4 is 5.97 Å². The van der Waals surface area contributed by atoms with Crippen LogP contribution >= 0.6 is 0 Å². The lowest BCUT2D eigenvalue weighted by Crippen LogP contribution is -2.55. The summed E-state index contributed by atoms with van der Waals surface area (Å²) in [5, 5.41) is 27.2. The molecule has 1 aromatic rings. The van der Waals surface area contributed by atoms with Crippen LogP contribution in [0.1, 0.15) is 5.56 Å². The number of phenols is 2. The number of aromatic hydroxyl groups is 2. The van der Waals surface area contributed by atoms with Crippen molar-refractivity contribution in [3.8, 4) is 11.5 Å². The van der Waals surface area contributed by atoms with Crippen molar-refractivity contribution in [1.29, 1.82) is 0 Å². The van der Waals surface area contributed by atoms with Crippen LogP contribution in [0.25, 0.3) is 0 Å². The lowest BCUT2D eigenvalue weighted by Gasteiger charge is -2.22. The predicted octanol–water partition coefficient (Wildman–Crippen LogP) is -0.619. The molecule has 6 nitrogen and oxygen atoms in total. The van der Waals surface area contributed by atoms with E-state index in [2.05, 4.69) is 0 Å². The highest BCUT2D eigenvalue weighted by molar-refractivity contribution is 5.79. The molecule has 1 aromatic carbocycles. The van der Waals surface area contributed by atoms with Gasteiger partial charge in [-0.1, -0.05) is 6.07 Å². The predicted molar refractivity (Wildman–Crippen MR) is 57.1 cm³/mol. The van der Waals surface area contributed by atoms with E-state index < -0.39 is 11.5 Å². The zero-order valence-electron chi connectivity index (χ0n) is 8.55. The largest absolute Gasteiger partial charge is 0.504 e. The van der Waals surface area contributed by atoms with Gasteiger partial charge in [0, 0.05) is 13.0 Å². The molecule has 1 rings (SSSR count). The molecule has 0 aliphatic heterocycles. The van der Waals surface area contributed by atoms with E-state index in [-0.39, 0.29) is 24.5 Å². The first-order valence-corrected chi connectivity index (χ1v) is 4.62. The Morgan fingerprint density at radius 2 is 1.94 bits per heavy atom. The molecule has 0 radical (unpaired) electrons. The fourth-order valence-electron chi connectivity index (χ4n) is 1.28. The third kappa shape index (κ3) is 2.41. The molecule has 6 heteroatoms. The van der Waals surface area contributed by atoms with Gasteiger partial charge in [0.25, 0.3) is 0 Å². The van der Waals surface area contributed by atoms with Gasteiger partial charge in [-0.15, -0.1) is 0 Å². The molecule has 0 saturated heterocycles. The summed E-state index contributed by atoms with van der Waals surface area (Å²) in [7, 11) is 0. The fraction of sp³-hybridized carbons (Fsp3) is 0.300. The Balaban J connectivity index is 2.95. The highest BCUT2D eigenvalue weighted by atomic mass is 16.4. The van der Waals surface area contributed by atoms with E-state index in [0.717, 1.165) is 0 Å². The lowest BCUT2D eigenvalue weighted by molar-refractivity contribution is -0.142. The van der Waals surface area contributed by atoms with Crippen LogP contribution in [0.15, 0.2) is 18.2 Å². The topological polar surface area (TPSA) is 130 Å². The summed E-state index contributed by atoms with van der Waals surface area (Å²) in [6, 6.07) is 4.01. The summed E-state index contributed by atoms with van der Waals surface area (Å²) < 4.78 is 0. The SMILES string of the molecule is NC[C@](N)(Cc1ccc(O)c(O)c1)C(=O)O. The van der Waals surface area contributed by atoms with Crippen molar-refractivity contribution in [2.75, 3.05) is 6.54 Å². The van der Waals surface area contributed by atoms with E-state index >= 15 is 0 Å². The number of hydrogen-bond donors (Lipinski definition) is 5. The van der Waals surface area contributed by atoms with Crippen LogP contribution in [0.2, 0.25) is 0 Å².